The minimum Gasteiger partial charge on any atom is -0.290 e. The molecule has 0 heterocycles. The lowest BCUT2D eigenvalue weighted by atomic mass is 10.2. The molecule has 0 atom stereocenters. The second kappa shape index (κ2) is 4.98. The molecule has 0 N–H and O–H groups in total. The van der Waals surface area contributed by atoms with Gasteiger partial charge in [-0.05, 0) is 32.4 Å². The fourth-order valence-electron chi connectivity index (χ4n) is 0.683. The van der Waals surface area contributed by atoms with Crippen molar-refractivity contribution in [2.45, 2.75) is 20.8 Å². The van der Waals surface area contributed by atoms with Gasteiger partial charge in [-0.25, -0.2) is 0 Å². The number of hydrogen-bond donors (Lipinski definition) is 0. The van der Waals surface area contributed by atoms with Crippen LogP contribution in [0.1, 0.15) is 20.8 Å². The second-order valence-electron chi connectivity index (χ2n) is 2.21. The Bertz CT molecular complexity index is 164. The zero-order chi connectivity index (χ0) is 7.98. The molecule has 0 aromatic heterocycles. The Labute approximate surface area is 63.2 Å². The highest BCUT2D eigenvalue weighted by molar-refractivity contribution is 5.93. The highest BCUT2D eigenvalue weighted by atomic mass is 14.7. The summed E-state index contributed by atoms with van der Waals surface area (Å²) in [4.78, 5) is 4.20. The third-order valence-electron chi connectivity index (χ3n) is 1.17. The van der Waals surface area contributed by atoms with Crippen molar-refractivity contribution in [3.05, 3.63) is 24.3 Å². The molecule has 0 saturated heterocycles. The third-order valence-corrected chi connectivity index (χ3v) is 1.17. The van der Waals surface area contributed by atoms with Crippen molar-refractivity contribution >= 4 is 5.71 Å². The predicted molar refractivity (Wildman–Crippen MR) is 47.6 cm³/mol. The van der Waals surface area contributed by atoms with E-state index in [9.17, 15) is 0 Å². The summed E-state index contributed by atoms with van der Waals surface area (Å²) in [6.45, 7) is 10.5. The summed E-state index contributed by atoms with van der Waals surface area (Å²) in [5, 5.41) is 0. The summed E-state index contributed by atoms with van der Waals surface area (Å²) in [5.41, 5.74) is 2.23. The van der Waals surface area contributed by atoms with Crippen LogP contribution < -0.4 is 0 Å². The normalized spacial score (nSPS) is 13.5. The summed E-state index contributed by atoms with van der Waals surface area (Å²) in [7, 11) is 0. The number of nitrogens with zero attached hydrogens (tertiary/aromatic N) is 1. The first-order chi connectivity index (χ1) is 4.70. The van der Waals surface area contributed by atoms with Gasteiger partial charge in [0.25, 0.3) is 0 Å². The molecule has 0 aromatic carbocycles. The Kier molecular flexibility index (Phi) is 4.55. The lowest BCUT2D eigenvalue weighted by Gasteiger charge is -1.91. The molecule has 0 spiro atoms. The molecule has 10 heavy (non-hydrogen) atoms. The number of rotatable bonds is 3. The summed E-state index contributed by atoms with van der Waals surface area (Å²) in [6.07, 6.45) is 3.85. The molecule has 56 valence electrons. The second-order valence-corrected chi connectivity index (χ2v) is 2.21. The zero-order valence-electron chi connectivity index (χ0n) is 7.02. The van der Waals surface area contributed by atoms with Gasteiger partial charge in [-0.15, -0.1) is 0 Å². The minimum atomic E-state index is 0.854. The van der Waals surface area contributed by atoms with Crippen LogP contribution in [0.25, 0.3) is 0 Å². The standard InChI is InChI=1S/C9H15N/c1-5-8(3)7-9(4)10-6-2/h5,7H,1,6H2,2-4H3/b8-7-,10-9?. The molecule has 0 aromatic rings. The van der Waals surface area contributed by atoms with Crippen LogP contribution in [0.3, 0.4) is 0 Å². The van der Waals surface area contributed by atoms with Crippen LogP contribution in [-0.2, 0) is 0 Å². The van der Waals surface area contributed by atoms with Gasteiger partial charge in [0.2, 0.25) is 0 Å². The summed E-state index contributed by atoms with van der Waals surface area (Å²) < 4.78 is 0. The smallest absolute Gasteiger partial charge is 0.0364 e. The van der Waals surface area contributed by atoms with Gasteiger partial charge in [-0.3, -0.25) is 4.99 Å². The summed E-state index contributed by atoms with van der Waals surface area (Å²) in [5.74, 6) is 0. The Balaban J connectivity index is 4.11. The van der Waals surface area contributed by atoms with E-state index in [1.54, 1.807) is 0 Å². The van der Waals surface area contributed by atoms with E-state index in [2.05, 4.69) is 11.6 Å². The molecule has 1 heteroatoms. The first kappa shape index (κ1) is 9.15. The monoisotopic (exact) mass is 137 g/mol. The lowest BCUT2D eigenvalue weighted by molar-refractivity contribution is 1.13. The first-order valence-electron chi connectivity index (χ1n) is 3.52. The number of allylic oxidation sites excluding steroid dienone is 3. The minimum absolute atomic E-state index is 0.854. The Morgan fingerprint density at radius 3 is 2.50 bits per heavy atom. The van der Waals surface area contributed by atoms with E-state index in [0.29, 0.717) is 0 Å². The largest absolute Gasteiger partial charge is 0.290 e. The Hall–Kier alpha value is -0.850. The predicted octanol–water partition coefficient (Wildman–Crippen LogP) is 2.60. The van der Waals surface area contributed by atoms with Gasteiger partial charge in [0, 0.05) is 12.3 Å². The SMILES string of the molecule is C=C/C(C)=C\C(C)=NCC. The summed E-state index contributed by atoms with van der Waals surface area (Å²) >= 11 is 0. The zero-order valence-corrected chi connectivity index (χ0v) is 7.02. The molecule has 0 saturated carbocycles. The van der Waals surface area contributed by atoms with Crippen LogP contribution >= 0.6 is 0 Å². The van der Waals surface area contributed by atoms with E-state index < -0.39 is 0 Å². The highest BCUT2D eigenvalue weighted by Gasteiger charge is 1.82. The fraction of sp³-hybridized carbons (Fsp3) is 0.444. The van der Waals surface area contributed by atoms with E-state index in [-0.39, 0.29) is 0 Å². The molecule has 0 rings (SSSR count). The quantitative estimate of drug-likeness (QED) is 0.419. The molecule has 0 radical (unpaired) electrons. The van der Waals surface area contributed by atoms with E-state index in [1.165, 1.54) is 0 Å². The molecule has 0 aliphatic carbocycles. The van der Waals surface area contributed by atoms with Crippen LogP contribution in [0.5, 0.6) is 0 Å². The van der Waals surface area contributed by atoms with Crippen LogP contribution in [0.15, 0.2) is 29.3 Å². The van der Waals surface area contributed by atoms with Gasteiger partial charge in [0.05, 0.1) is 0 Å². The Morgan fingerprint density at radius 2 is 2.10 bits per heavy atom. The van der Waals surface area contributed by atoms with Crippen molar-refractivity contribution < 1.29 is 0 Å². The van der Waals surface area contributed by atoms with Gasteiger partial charge in [-0.1, -0.05) is 12.7 Å². The fourth-order valence-corrected chi connectivity index (χ4v) is 0.683. The van der Waals surface area contributed by atoms with Crippen molar-refractivity contribution in [2.24, 2.45) is 4.99 Å². The van der Waals surface area contributed by atoms with Gasteiger partial charge in [0.15, 0.2) is 0 Å². The van der Waals surface area contributed by atoms with Gasteiger partial charge in [0.1, 0.15) is 0 Å². The molecule has 0 amide bonds. The van der Waals surface area contributed by atoms with Crippen LogP contribution in [0.2, 0.25) is 0 Å². The maximum atomic E-state index is 4.20. The lowest BCUT2D eigenvalue weighted by Crippen LogP contribution is -1.86. The topological polar surface area (TPSA) is 12.4 Å². The van der Waals surface area contributed by atoms with E-state index in [0.717, 1.165) is 17.8 Å². The van der Waals surface area contributed by atoms with Crippen molar-refractivity contribution in [2.75, 3.05) is 6.54 Å². The van der Waals surface area contributed by atoms with E-state index in [1.807, 2.05) is 32.9 Å². The van der Waals surface area contributed by atoms with Crippen molar-refractivity contribution in [3.63, 3.8) is 0 Å². The van der Waals surface area contributed by atoms with E-state index >= 15 is 0 Å². The van der Waals surface area contributed by atoms with Crippen LogP contribution in [0.4, 0.5) is 0 Å². The average Bonchev–Trinajstić information content (AvgIpc) is 1.88. The van der Waals surface area contributed by atoms with Gasteiger partial charge < -0.3 is 0 Å². The molecule has 0 aliphatic heterocycles. The maximum Gasteiger partial charge on any atom is 0.0364 e. The number of aliphatic imine (C=N–C) groups is 1. The van der Waals surface area contributed by atoms with Crippen molar-refractivity contribution in [3.8, 4) is 0 Å². The van der Waals surface area contributed by atoms with Crippen LogP contribution in [0, 0.1) is 0 Å². The van der Waals surface area contributed by atoms with Crippen molar-refractivity contribution in [1.82, 2.24) is 0 Å². The first-order valence-corrected chi connectivity index (χ1v) is 3.52. The molecule has 0 fully saturated rings. The molecule has 0 unspecified atom stereocenters. The molecule has 0 aliphatic rings. The molecular formula is C9H15N. The average molecular weight is 137 g/mol. The Morgan fingerprint density at radius 1 is 1.50 bits per heavy atom. The molecule has 0 bridgehead atoms. The summed E-state index contributed by atoms with van der Waals surface area (Å²) in [6, 6.07) is 0. The maximum absolute atomic E-state index is 4.20. The van der Waals surface area contributed by atoms with E-state index in [4.69, 9.17) is 0 Å². The highest BCUT2D eigenvalue weighted by Crippen LogP contribution is 1.93. The number of hydrogen-bond acceptors (Lipinski definition) is 1. The van der Waals surface area contributed by atoms with Crippen LogP contribution in [-0.4, -0.2) is 12.3 Å². The molecular weight excluding hydrogens is 122 g/mol. The molecule has 1 nitrogen and oxygen atoms in total. The van der Waals surface area contributed by atoms with Gasteiger partial charge >= 0.3 is 0 Å². The third kappa shape index (κ3) is 4.07. The van der Waals surface area contributed by atoms with Crippen molar-refractivity contribution in [1.29, 1.82) is 0 Å². The van der Waals surface area contributed by atoms with Gasteiger partial charge in [-0.2, -0.15) is 0 Å².